The fourth-order valence-corrected chi connectivity index (χ4v) is 2.25. The maximum atomic E-state index is 11.9. The minimum Gasteiger partial charge on any atom is -0.484 e. The third-order valence-electron chi connectivity index (χ3n) is 3.84. The Morgan fingerprint density at radius 2 is 1.70 bits per heavy atom. The molecule has 0 unspecified atom stereocenters. The van der Waals surface area contributed by atoms with Crippen molar-refractivity contribution >= 4 is 23.6 Å². The summed E-state index contributed by atoms with van der Waals surface area (Å²) < 4.78 is 10.2. The number of carbonyl (C=O) groups is 3. The van der Waals surface area contributed by atoms with E-state index in [0.29, 0.717) is 23.6 Å². The number of rotatable bonds is 6. The van der Waals surface area contributed by atoms with Crippen LogP contribution in [0.15, 0.2) is 42.5 Å². The summed E-state index contributed by atoms with van der Waals surface area (Å²) in [6, 6.07) is 11.1. The van der Waals surface area contributed by atoms with Crippen molar-refractivity contribution in [3.05, 3.63) is 59.2 Å². The quantitative estimate of drug-likeness (QED) is 0.762. The molecular formula is C20H22N2O5. The lowest BCUT2D eigenvalue weighted by Crippen LogP contribution is -2.37. The van der Waals surface area contributed by atoms with Gasteiger partial charge < -0.3 is 14.8 Å². The fourth-order valence-electron chi connectivity index (χ4n) is 2.25. The van der Waals surface area contributed by atoms with Gasteiger partial charge in [-0.1, -0.05) is 12.1 Å². The number of nitrogens with one attached hydrogen (secondary N) is 2. The highest BCUT2D eigenvalue weighted by Gasteiger charge is 2.11. The fraction of sp³-hybridized carbons (Fsp3) is 0.250. The molecule has 2 aromatic carbocycles. The van der Waals surface area contributed by atoms with E-state index in [4.69, 9.17) is 9.47 Å². The number of carbonyl (C=O) groups excluding carboxylic acids is 3. The van der Waals surface area contributed by atoms with Crippen molar-refractivity contribution in [2.75, 3.05) is 18.5 Å². The highest BCUT2D eigenvalue weighted by atomic mass is 16.5. The molecule has 7 nitrogen and oxygen atoms in total. The predicted molar refractivity (Wildman–Crippen MR) is 101 cm³/mol. The number of ether oxygens (including phenoxy) is 2. The van der Waals surface area contributed by atoms with E-state index in [2.05, 4.69) is 10.6 Å². The van der Waals surface area contributed by atoms with Crippen LogP contribution in [-0.4, -0.2) is 31.1 Å². The number of urea groups is 1. The predicted octanol–water partition coefficient (Wildman–Crippen LogP) is 3.21. The van der Waals surface area contributed by atoms with E-state index >= 15 is 0 Å². The topological polar surface area (TPSA) is 93.7 Å². The van der Waals surface area contributed by atoms with Gasteiger partial charge in [0, 0.05) is 5.69 Å². The van der Waals surface area contributed by atoms with Crippen LogP contribution in [0.5, 0.6) is 5.75 Å². The second-order valence-electron chi connectivity index (χ2n) is 5.78. The zero-order valence-corrected chi connectivity index (χ0v) is 15.5. The normalized spacial score (nSPS) is 10.0. The number of benzene rings is 2. The summed E-state index contributed by atoms with van der Waals surface area (Å²) in [4.78, 5) is 35.4. The summed E-state index contributed by atoms with van der Waals surface area (Å²) in [5, 5.41) is 4.84. The smallest absolute Gasteiger partial charge is 0.338 e. The van der Waals surface area contributed by atoms with Crippen LogP contribution in [-0.2, 0) is 9.53 Å². The van der Waals surface area contributed by atoms with Crippen LogP contribution < -0.4 is 15.4 Å². The molecule has 0 atom stereocenters. The molecule has 2 N–H and O–H groups in total. The van der Waals surface area contributed by atoms with Crippen molar-refractivity contribution in [2.45, 2.75) is 20.8 Å². The van der Waals surface area contributed by atoms with Crippen molar-refractivity contribution in [1.29, 1.82) is 0 Å². The molecule has 0 bridgehead atoms. The third kappa shape index (κ3) is 5.85. The van der Waals surface area contributed by atoms with E-state index in [1.54, 1.807) is 37.3 Å². The first-order valence-corrected chi connectivity index (χ1v) is 8.47. The molecule has 2 aromatic rings. The Balaban J connectivity index is 1.82. The number of amides is 3. The lowest BCUT2D eigenvalue weighted by Gasteiger charge is -2.11. The maximum absolute atomic E-state index is 11.9. The van der Waals surface area contributed by atoms with Crippen LogP contribution in [0.4, 0.5) is 10.5 Å². The number of anilines is 1. The number of hydrogen-bond acceptors (Lipinski definition) is 5. The van der Waals surface area contributed by atoms with Crippen LogP contribution in [0, 0.1) is 13.8 Å². The second kappa shape index (κ2) is 9.38. The first-order chi connectivity index (χ1) is 12.9. The average Bonchev–Trinajstić information content (AvgIpc) is 2.64. The Bertz CT molecular complexity index is 831. The summed E-state index contributed by atoms with van der Waals surface area (Å²) in [6.45, 7) is 5.51. The molecule has 2 rings (SSSR count). The van der Waals surface area contributed by atoms with Gasteiger partial charge in [0.2, 0.25) is 0 Å². The van der Waals surface area contributed by atoms with Gasteiger partial charge in [-0.05, 0) is 62.2 Å². The minimum absolute atomic E-state index is 0.293. The second-order valence-corrected chi connectivity index (χ2v) is 5.78. The van der Waals surface area contributed by atoms with E-state index in [0.717, 1.165) is 11.1 Å². The Hall–Kier alpha value is -3.35. The minimum atomic E-state index is -0.630. The number of esters is 1. The standard InChI is InChI=1S/C20H22N2O5/c1-4-26-19(24)15-8-10-16(11-9-15)27-12-18(23)22-20(25)21-17-7-5-6-13(2)14(17)3/h5-11H,4,12H2,1-3H3,(H2,21,22,23,25). The zero-order valence-electron chi connectivity index (χ0n) is 15.5. The maximum Gasteiger partial charge on any atom is 0.338 e. The summed E-state index contributed by atoms with van der Waals surface area (Å²) in [7, 11) is 0. The molecule has 3 amide bonds. The molecule has 0 aromatic heterocycles. The van der Waals surface area contributed by atoms with Gasteiger partial charge in [0.15, 0.2) is 6.61 Å². The van der Waals surface area contributed by atoms with Crippen LogP contribution >= 0.6 is 0 Å². The Morgan fingerprint density at radius 3 is 2.37 bits per heavy atom. The van der Waals surface area contributed by atoms with Gasteiger partial charge in [0.05, 0.1) is 12.2 Å². The molecule has 142 valence electrons. The molecule has 0 radical (unpaired) electrons. The Morgan fingerprint density at radius 1 is 1.00 bits per heavy atom. The number of aryl methyl sites for hydroxylation is 1. The molecule has 0 saturated carbocycles. The molecule has 0 spiro atoms. The Kier molecular flexibility index (Phi) is 6.93. The van der Waals surface area contributed by atoms with Crippen molar-refractivity contribution in [3.63, 3.8) is 0 Å². The number of imide groups is 1. The van der Waals surface area contributed by atoms with E-state index in [1.165, 1.54) is 0 Å². The van der Waals surface area contributed by atoms with Crippen molar-refractivity contribution in [3.8, 4) is 5.75 Å². The molecule has 0 aliphatic carbocycles. The molecule has 7 heteroatoms. The third-order valence-corrected chi connectivity index (χ3v) is 3.84. The van der Waals surface area contributed by atoms with E-state index in [-0.39, 0.29) is 6.61 Å². The molecule has 0 fully saturated rings. The zero-order chi connectivity index (χ0) is 19.8. The first kappa shape index (κ1) is 20.0. The molecule has 0 aliphatic heterocycles. The van der Waals surface area contributed by atoms with Crippen molar-refractivity contribution < 1.29 is 23.9 Å². The van der Waals surface area contributed by atoms with Gasteiger partial charge in [0.1, 0.15) is 5.75 Å². The van der Waals surface area contributed by atoms with Crippen LogP contribution in [0.1, 0.15) is 28.4 Å². The van der Waals surface area contributed by atoms with Crippen LogP contribution in [0.3, 0.4) is 0 Å². The highest BCUT2D eigenvalue weighted by Crippen LogP contribution is 2.17. The van der Waals surface area contributed by atoms with Gasteiger partial charge in [-0.25, -0.2) is 9.59 Å². The lowest BCUT2D eigenvalue weighted by molar-refractivity contribution is -0.121. The first-order valence-electron chi connectivity index (χ1n) is 8.47. The van der Waals surface area contributed by atoms with Crippen LogP contribution in [0.25, 0.3) is 0 Å². The SMILES string of the molecule is CCOC(=O)c1ccc(OCC(=O)NC(=O)Nc2cccc(C)c2C)cc1. The summed E-state index contributed by atoms with van der Waals surface area (Å²) in [5.74, 6) is -0.620. The molecule has 0 heterocycles. The van der Waals surface area contributed by atoms with E-state index in [9.17, 15) is 14.4 Å². The van der Waals surface area contributed by atoms with Crippen molar-refractivity contribution in [1.82, 2.24) is 5.32 Å². The molecular weight excluding hydrogens is 348 g/mol. The van der Waals surface area contributed by atoms with Gasteiger partial charge in [-0.3, -0.25) is 10.1 Å². The summed E-state index contributed by atoms with van der Waals surface area (Å²) in [5.41, 5.74) is 2.99. The van der Waals surface area contributed by atoms with Gasteiger partial charge in [-0.2, -0.15) is 0 Å². The highest BCUT2D eigenvalue weighted by molar-refractivity contribution is 6.02. The van der Waals surface area contributed by atoms with Gasteiger partial charge in [-0.15, -0.1) is 0 Å². The number of hydrogen-bond donors (Lipinski definition) is 2. The molecule has 27 heavy (non-hydrogen) atoms. The summed E-state index contributed by atoms with van der Waals surface area (Å²) >= 11 is 0. The monoisotopic (exact) mass is 370 g/mol. The van der Waals surface area contributed by atoms with Crippen molar-refractivity contribution in [2.24, 2.45) is 0 Å². The molecule has 0 saturated heterocycles. The van der Waals surface area contributed by atoms with Gasteiger partial charge >= 0.3 is 12.0 Å². The van der Waals surface area contributed by atoms with Crippen LogP contribution in [0.2, 0.25) is 0 Å². The molecule has 0 aliphatic rings. The van der Waals surface area contributed by atoms with E-state index < -0.39 is 17.9 Å². The Labute approximate surface area is 157 Å². The largest absolute Gasteiger partial charge is 0.484 e. The van der Waals surface area contributed by atoms with E-state index in [1.807, 2.05) is 26.0 Å². The lowest BCUT2D eigenvalue weighted by atomic mass is 10.1. The average molecular weight is 370 g/mol. The van der Waals surface area contributed by atoms with Gasteiger partial charge in [0.25, 0.3) is 5.91 Å². The summed E-state index contributed by atoms with van der Waals surface area (Å²) in [6.07, 6.45) is 0.